The zero-order chi connectivity index (χ0) is 17.4. The maximum absolute atomic E-state index is 11.9. The molecule has 0 fully saturated rings. The molecule has 2 N–H and O–H groups in total. The second-order valence-corrected chi connectivity index (χ2v) is 7.52. The number of rotatable bonds is 6. The van der Waals surface area contributed by atoms with E-state index in [1.165, 1.54) is 0 Å². The summed E-state index contributed by atoms with van der Waals surface area (Å²) in [4.78, 5) is 11.9. The van der Waals surface area contributed by atoms with Crippen LogP contribution < -0.4 is 10.6 Å². The summed E-state index contributed by atoms with van der Waals surface area (Å²) in [7, 11) is -3.17. The van der Waals surface area contributed by atoms with E-state index in [0.717, 1.165) is 11.8 Å². The third-order valence-electron chi connectivity index (χ3n) is 3.17. The Morgan fingerprint density at radius 3 is 2.42 bits per heavy atom. The molecule has 0 unspecified atom stereocenters. The van der Waals surface area contributed by atoms with Crippen LogP contribution in [0.5, 0.6) is 0 Å². The van der Waals surface area contributed by atoms with Crippen LogP contribution in [0.15, 0.2) is 60.7 Å². The lowest BCUT2D eigenvalue weighted by atomic mass is 10.2. The molecule has 0 aliphatic carbocycles. The molecule has 24 heavy (non-hydrogen) atoms. The molecule has 2 rings (SSSR count). The summed E-state index contributed by atoms with van der Waals surface area (Å²) in [5, 5.41) is 5.39. The predicted molar refractivity (Wildman–Crippen MR) is 97.5 cm³/mol. The van der Waals surface area contributed by atoms with Crippen LogP contribution in [0.4, 0.5) is 10.5 Å². The van der Waals surface area contributed by atoms with Crippen molar-refractivity contribution in [2.24, 2.45) is 0 Å². The van der Waals surface area contributed by atoms with Crippen LogP contribution in [0.25, 0.3) is 6.08 Å². The van der Waals surface area contributed by atoms with Crippen LogP contribution in [0, 0.1) is 0 Å². The lowest BCUT2D eigenvalue weighted by Crippen LogP contribution is -2.29. The normalized spacial score (nSPS) is 11.4. The van der Waals surface area contributed by atoms with Crippen molar-refractivity contribution in [1.29, 1.82) is 0 Å². The highest BCUT2D eigenvalue weighted by molar-refractivity contribution is 7.89. The van der Waals surface area contributed by atoms with Gasteiger partial charge in [-0.15, -0.1) is 0 Å². The highest BCUT2D eigenvalue weighted by atomic mass is 32.2. The van der Waals surface area contributed by atoms with Crippen molar-refractivity contribution in [2.45, 2.75) is 5.75 Å². The first-order chi connectivity index (χ1) is 11.4. The molecule has 0 saturated carbocycles. The maximum Gasteiger partial charge on any atom is 0.319 e. The van der Waals surface area contributed by atoms with Gasteiger partial charge in [-0.3, -0.25) is 0 Å². The highest BCUT2D eigenvalue weighted by Gasteiger charge is 2.10. The summed E-state index contributed by atoms with van der Waals surface area (Å²) in [6.07, 6.45) is 4.92. The number of sulfone groups is 1. The van der Waals surface area contributed by atoms with Crippen LogP contribution in [0.3, 0.4) is 0 Å². The molecule has 2 aromatic carbocycles. The smallest absolute Gasteiger partial charge is 0.319 e. The number of carbonyl (C=O) groups is 1. The Hall–Kier alpha value is -2.60. The number of hydrogen-bond acceptors (Lipinski definition) is 3. The summed E-state index contributed by atoms with van der Waals surface area (Å²) in [6.45, 7) is 0.370. The molecule has 5 nitrogen and oxygen atoms in total. The van der Waals surface area contributed by atoms with Crippen LogP contribution in [-0.4, -0.2) is 27.2 Å². The second kappa shape index (κ2) is 8.31. The van der Waals surface area contributed by atoms with Gasteiger partial charge in [0.25, 0.3) is 0 Å². The fourth-order valence-electron chi connectivity index (χ4n) is 2.13. The molecule has 6 heteroatoms. The number of urea groups is 1. The van der Waals surface area contributed by atoms with E-state index < -0.39 is 9.84 Å². The minimum Gasteiger partial charge on any atom is -0.334 e. The van der Waals surface area contributed by atoms with Gasteiger partial charge in [-0.2, -0.15) is 0 Å². The summed E-state index contributed by atoms with van der Waals surface area (Å²) in [6, 6.07) is 16.2. The lowest BCUT2D eigenvalue weighted by Gasteiger charge is -2.10. The van der Waals surface area contributed by atoms with Crippen molar-refractivity contribution in [3.05, 3.63) is 71.8 Å². The number of carbonyl (C=O) groups excluding carboxylic acids is 1. The van der Waals surface area contributed by atoms with E-state index in [-0.39, 0.29) is 11.8 Å². The SMILES string of the molecule is CS(=O)(=O)Cc1ccccc1NC(=O)NC/C=C\c1ccccc1. The summed E-state index contributed by atoms with van der Waals surface area (Å²) in [5.74, 6) is -0.114. The monoisotopic (exact) mass is 344 g/mol. The van der Waals surface area contributed by atoms with E-state index >= 15 is 0 Å². The first-order valence-corrected chi connectivity index (χ1v) is 9.52. The zero-order valence-electron chi connectivity index (χ0n) is 13.4. The molecule has 0 bridgehead atoms. The molecule has 0 heterocycles. The molecular weight excluding hydrogens is 324 g/mol. The van der Waals surface area contributed by atoms with Crippen LogP contribution >= 0.6 is 0 Å². The molecule has 2 aromatic rings. The number of anilines is 1. The van der Waals surface area contributed by atoms with Gasteiger partial charge in [0, 0.05) is 18.5 Å². The summed E-state index contributed by atoms with van der Waals surface area (Å²) < 4.78 is 22.9. The fourth-order valence-corrected chi connectivity index (χ4v) is 2.94. The Balaban J connectivity index is 1.90. The van der Waals surface area contributed by atoms with Gasteiger partial charge in [-0.25, -0.2) is 13.2 Å². The van der Waals surface area contributed by atoms with Gasteiger partial charge in [0.15, 0.2) is 9.84 Å². The number of benzene rings is 2. The molecule has 0 saturated heterocycles. The Kier molecular flexibility index (Phi) is 6.14. The minimum absolute atomic E-state index is 0.114. The number of nitrogens with one attached hydrogen (secondary N) is 2. The molecule has 126 valence electrons. The quantitative estimate of drug-likeness (QED) is 0.846. The van der Waals surface area contributed by atoms with Gasteiger partial charge in [0.2, 0.25) is 0 Å². The summed E-state index contributed by atoms with van der Waals surface area (Å²) >= 11 is 0. The van der Waals surface area contributed by atoms with E-state index in [1.54, 1.807) is 24.3 Å². The van der Waals surface area contributed by atoms with Crippen molar-refractivity contribution >= 4 is 27.6 Å². The third-order valence-corrected chi connectivity index (χ3v) is 4.01. The molecule has 0 aliphatic heterocycles. The Labute approximate surface area is 142 Å². The molecule has 0 aromatic heterocycles. The summed E-state index contributed by atoms with van der Waals surface area (Å²) in [5.41, 5.74) is 2.11. The van der Waals surface area contributed by atoms with Crippen molar-refractivity contribution in [2.75, 3.05) is 18.1 Å². The Morgan fingerprint density at radius 1 is 1.04 bits per heavy atom. The average molecular weight is 344 g/mol. The molecule has 2 amide bonds. The van der Waals surface area contributed by atoms with E-state index in [9.17, 15) is 13.2 Å². The van der Waals surface area contributed by atoms with Gasteiger partial charge >= 0.3 is 6.03 Å². The largest absolute Gasteiger partial charge is 0.334 e. The fraction of sp³-hybridized carbons (Fsp3) is 0.167. The van der Waals surface area contributed by atoms with Crippen LogP contribution in [0.1, 0.15) is 11.1 Å². The molecule has 0 aliphatic rings. The van der Waals surface area contributed by atoms with Crippen LogP contribution in [-0.2, 0) is 15.6 Å². The van der Waals surface area contributed by atoms with Gasteiger partial charge in [0.1, 0.15) is 0 Å². The van der Waals surface area contributed by atoms with Gasteiger partial charge in [-0.05, 0) is 17.2 Å². The number of para-hydroxylation sites is 1. The Morgan fingerprint density at radius 2 is 1.71 bits per heavy atom. The second-order valence-electron chi connectivity index (χ2n) is 5.38. The van der Waals surface area contributed by atoms with E-state index in [2.05, 4.69) is 10.6 Å². The van der Waals surface area contributed by atoms with Gasteiger partial charge in [-0.1, -0.05) is 60.7 Å². The first kappa shape index (κ1) is 17.7. The number of hydrogen-bond donors (Lipinski definition) is 2. The highest BCUT2D eigenvalue weighted by Crippen LogP contribution is 2.17. The van der Waals surface area contributed by atoms with Crippen molar-refractivity contribution in [3.63, 3.8) is 0 Å². The maximum atomic E-state index is 11.9. The van der Waals surface area contributed by atoms with Gasteiger partial charge < -0.3 is 10.6 Å². The van der Waals surface area contributed by atoms with E-state index in [1.807, 2.05) is 42.5 Å². The van der Waals surface area contributed by atoms with Crippen molar-refractivity contribution in [3.8, 4) is 0 Å². The van der Waals surface area contributed by atoms with Crippen molar-refractivity contribution in [1.82, 2.24) is 5.32 Å². The first-order valence-electron chi connectivity index (χ1n) is 7.46. The van der Waals surface area contributed by atoms with E-state index in [4.69, 9.17) is 0 Å². The lowest BCUT2D eigenvalue weighted by molar-refractivity contribution is 0.253. The van der Waals surface area contributed by atoms with Crippen molar-refractivity contribution < 1.29 is 13.2 Å². The standard InChI is InChI=1S/C18H20N2O3S/c1-24(22,23)14-16-11-5-6-12-17(16)20-18(21)19-13-7-10-15-8-3-2-4-9-15/h2-12H,13-14H2,1H3,(H2,19,20,21)/b10-7-. The average Bonchev–Trinajstić information content (AvgIpc) is 2.53. The molecular formula is C18H20N2O3S. The third kappa shape index (κ3) is 6.26. The predicted octanol–water partition coefficient (Wildman–Crippen LogP) is 3.07. The minimum atomic E-state index is -3.17. The zero-order valence-corrected chi connectivity index (χ0v) is 14.2. The molecule has 0 radical (unpaired) electrons. The Bertz CT molecular complexity index is 815. The van der Waals surface area contributed by atoms with E-state index in [0.29, 0.717) is 17.8 Å². The van der Waals surface area contributed by atoms with Crippen LogP contribution in [0.2, 0.25) is 0 Å². The number of amides is 2. The topological polar surface area (TPSA) is 75.3 Å². The molecule has 0 atom stereocenters. The van der Waals surface area contributed by atoms with Gasteiger partial charge in [0.05, 0.1) is 5.75 Å². The molecule has 0 spiro atoms.